The number of ether oxygens (including phenoxy) is 2. The second-order valence-corrected chi connectivity index (χ2v) is 4.88. The van der Waals surface area contributed by atoms with Crippen LogP contribution in [0.1, 0.15) is 28.6 Å². The van der Waals surface area contributed by atoms with Crippen LogP contribution in [0.2, 0.25) is 0 Å². The average Bonchev–Trinajstić information content (AvgIpc) is 3.17. The molecule has 116 valence electrons. The molecule has 1 fully saturated rings. The molecule has 0 aromatic carbocycles. The molecule has 0 unspecified atom stereocenters. The Hall–Kier alpha value is -2.48. The normalized spacial score (nSPS) is 17.4. The van der Waals surface area contributed by atoms with Crippen LogP contribution in [-0.2, 0) is 11.3 Å². The summed E-state index contributed by atoms with van der Waals surface area (Å²) in [5, 5.41) is 10.2. The standard InChI is InChI=1S/C14H16N4O4/c1-9-17-18-13(21-9)7-16-14(19)10-2-4-15-12(6-10)22-11-3-5-20-8-11/h2,4,6,11H,3,5,7-8H2,1H3,(H,16,19)/t11-/m1/s1. The first-order valence-corrected chi connectivity index (χ1v) is 6.98. The number of nitrogens with one attached hydrogen (secondary N) is 1. The van der Waals surface area contributed by atoms with Crippen LogP contribution < -0.4 is 10.1 Å². The van der Waals surface area contributed by atoms with Crippen molar-refractivity contribution in [2.24, 2.45) is 0 Å². The first-order chi connectivity index (χ1) is 10.7. The Bertz CT molecular complexity index is 652. The summed E-state index contributed by atoms with van der Waals surface area (Å²) in [6, 6.07) is 3.22. The molecule has 0 aliphatic carbocycles. The van der Waals surface area contributed by atoms with Gasteiger partial charge in [0.05, 0.1) is 19.8 Å². The van der Waals surface area contributed by atoms with E-state index in [4.69, 9.17) is 13.9 Å². The van der Waals surface area contributed by atoms with Gasteiger partial charge < -0.3 is 19.2 Å². The topological polar surface area (TPSA) is 99.4 Å². The van der Waals surface area contributed by atoms with Crippen LogP contribution in [0.4, 0.5) is 0 Å². The van der Waals surface area contributed by atoms with E-state index in [1.807, 2.05) is 0 Å². The lowest BCUT2D eigenvalue weighted by Gasteiger charge is -2.11. The predicted octanol–water partition coefficient (Wildman–Crippen LogP) is 0.871. The van der Waals surface area contributed by atoms with Crippen LogP contribution >= 0.6 is 0 Å². The molecule has 8 heteroatoms. The molecule has 1 aliphatic rings. The number of carbonyl (C=O) groups is 1. The van der Waals surface area contributed by atoms with Gasteiger partial charge in [-0.05, 0) is 6.07 Å². The van der Waals surface area contributed by atoms with Crippen molar-refractivity contribution in [1.29, 1.82) is 0 Å². The quantitative estimate of drug-likeness (QED) is 0.874. The number of nitrogens with zero attached hydrogens (tertiary/aromatic N) is 3. The van der Waals surface area contributed by atoms with E-state index in [1.165, 1.54) is 6.20 Å². The van der Waals surface area contributed by atoms with Gasteiger partial charge >= 0.3 is 0 Å². The molecule has 0 bridgehead atoms. The molecular weight excluding hydrogens is 288 g/mol. The van der Waals surface area contributed by atoms with Crippen LogP contribution in [0.25, 0.3) is 0 Å². The maximum atomic E-state index is 12.1. The molecule has 1 saturated heterocycles. The Kier molecular flexibility index (Phi) is 4.29. The number of hydrogen-bond donors (Lipinski definition) is 1. The Morgan fingerprint density at radius 1 is 1.50 bits per heavy atom. The van der Waals surface area contributed by atoms with Crippen molar-refractivity contribution in [2.45, 2.75) is 26.0 Å². The third-order valence-corrected chi connectivity index (χ3v) is 3.14. The largest absolute Gasteiger partial charge is 0.472 e. The van der Waals surface area contributed by atoms with Crippen LogP contribution in [0.15, 0.2) is 22.7 Å². The third kappa shape index (κ3) is 3.59. The molecule has 3 rings (SSSR count). The van der Waals surface area contributed by atoms with E-state index in [0.717, 1.165) is 6.42 Å². The highest BCUT2D eigenvalue weighted by Crippen LogP contribution is 2.15. The molecule has 1 N–H and O–H groups in total. The summed E-state index contributed by atoms with van der Waals surface area (Å²) in [7, 11) is 0. The van der Waals surface area contributed by atoms with Crippen molar-refractivity contribution >= 4 is 5.91 Å². The fourth-order valence-electron chi connectivity index (χ4n) is 2.06. The second kappa shape index (κ2) is 6.52. The molecule has 8 nitrogen and oxygen atoms in total. The highest BCUT2D eigenvalue weighted by molar-refractivity contribution is 5.94. The van der Waals surface area contributed by atoms with Crippen molar-refractivity contribution in [1.82, 2.24) is 20.5 Å². The van der Waals surface area contributed by atoms with Crippen LogP contribution in [0, 0.1) is 6.92 Å². The summed E-state index contributed by atoms with van der Waals surface area (Å²) in [5.41, 5.74) is 0.458. The maximum Gasteiger partial charge on any atom is 0.251 e. The maximum absolute atomic E-state index is 12.1. The monoisotopic (exact) mass is 304 g/mol. The number of pyridine rings is 1. The van der Waals surface area contributed by atoms with Gasteiger partial charge in [0.1, 0.15) is 6.10 Å². The minimum Gasteiger partial charge on any atom is -0.472 e. The summed E-state index contributed by atoms with van der Waals surface area (Å²) < 4.78 is 16.1. The van der Waals surface area contributed by atoms with E-state index in [-0.39, 0.29) is 18.6 Å². The Balaban J connectivity index is 1.59. The lowest BCUT2D eigenvalue weighted by molar-refractivity contribution is 0.0945. The summed E-state index contributed by atoms with van der Waals surface area (Å²) in [6.07, 6.45) is 2.36. The average molecular weight is 304 g/mol. The summed E-state index contributed by atoms with van der Waals surface area (Å²) in [4.78, 5) is 16.2. The van der Waals surface area contributed by atoms with Crippen molar-refractivity contribution in [3.63, 3.8) is 0 Å². The number of amides is 1. The van der Waals surface area contributed by atoms with Gasteiger partial charge in [-0.2, -0.15) is 0 Å². The molecule has 0 radical (unpaired) electrons. The SMILES string of the molecule is Cc1nnc(CNC(=O)c2ccnc(O[C@@H]3CCOC3)c2)o1. The Morgan fingerprint density at radius 3 is 3.14 bits per heavy atom. The van der Waals surface area contributed by atoms with Crippen LogP contribution in [0.3, 0.4) is 0 Å². The van der Waals surface area contributed by atoms with E-state index in [2.05, 4.69) is 20.5 Å². The molecule has 1 amide bonds. The zero-order valence-electron chi connectivity index (χ0n) is 12.1. The smallest absolute Gasteiger partial charge is 0.251 e. The van der Waals surface area contributed by atoms with Gasteiger partial charge in [0, 0.05) is 31.2 Å². The highest BCUT2D eigenvalue weighted by Gasteiger charge is 2.18. The molecular formula is C14H16N4O4. The summed E-state index contributed by atoms with van der Waals surface area (Å²) in [5.74, 6) is 0.977. The lowest BCUT2D eigenvalue weighted by atomic mass is 10.2. The van der Waals surface area contributed by atoms with Crippen LogP contribution in [0.5, 0.6) is 5.88 Å². The molecule has 0 spiro atoms. The number of aromatic nitrogens is 3. The van der Waals surface area contributed by atoms with E-state index in [0.29, 0.717) is 36.4 Å². The number of carbonyl (C=O) groups excluding carboxylic acids is 1. The number of hydrogen-bond acceptors (Lipinski definition) is 7. The highest BCUT2D eigenvalue weighted by atomic mass is 16.5. The molecule has 3 heterocycles. The fraction of sp³-hybridized carbons (Fsp3) is 0.429. The second-order valence-electron chi connectivity index (χ2n) is 4.88. The minimum atomic E-state index is -0.259. The van der Waals surface area contributed by atoms with Gasteiger partial charge in [-0.3, -0.25) is 4.79 Å². The Labute approximate surface area is 126 Å². The molecule has 2 aromatic heterocycles. The van der Waals surface area contributed by atoms with Gasteiger partial charge in [-0.15, -0.1) is 10.2 Å². The number of aryl methyl sites for hydroxylation is 1. The first-order valence-electron chi connectivity index (χ1n) is 6.98. The van der Waals surface area contributed by atoms with Crippen molar-refractivity contribution in [2.75, 3.05) is 13.2 Å². The molecule has 1 atom stereocenters. The van der Waals surface area contributed by atoms with E-state index in [1.54, 1.807) is 19.1 Å². The van der Waals surface area contributed by atoms with E-state index < -0.39 is 0 Å². The van der Waals surface area contributed by atoms with Gasteiger partial charge in [0.25, 0.3) is 5.91 Å². The van der Waals surface area contributed by atoms with Crippen molar-refractivity contribution < 1.29 is 18.7 Å². The number of rotatable bonds is 5. The van der Waals surface area contributed by atoms with Gasteiger partial charge in [0.15, 0.2) is 0 Å². The zero-order valence-corrected chi connectivity index (χ0v) is 12.1. The molecule has 1 aliphatic heterocycles. The van der Waals surface area contributed by atoms with Gasteiger partial charge in [-0.25, -0.2) is 4.98 Å². The predicted molar refractivity (Wildman–Crippen MR) is 74.3 cm³/mol. The molecule has 0 saturated carbocycles. The molecule has 22 heavy (non-hydrogen) atoms. The zero-order chi connectivity index (χ0) is 15.4. The van der Waals surface area contributed by atoms with Gasteiger partial charge in [-0.1, -0.05) is 0 Å². The van der Waals surface area contributed by atoms with E-state index in [9.17, 15) is 4.79 Å². The summed E-state index contributed by atoms with van der Waals surface area (Å²) >= 11 is 0. The van der Waals surface area contributed by atoms with Crippen LogP contribution in [-0.4, -0.2) is 40.4 Å². The van der Waals surface area contributed by atoms with Gasteiger partial charge in [0.2, 0.25) is 17.7 Å². The Morgan fingerprint density at radius 2 is 2.41 bits per heavy atom. The summed E-state index contributed by atoms with van der Waals surface area (Å²) in [6.45, 7) is 3.11. The van der Waals surface area contributed by atoms with Crippen molar-refractivity contribution in [3.8, 4) is 5.88 Å². The van der Waals surface area contributed by atoms with Crippen molar-refractivity contribution in [3.05, 3.63) is 35.7 Å². The fourth-order valence-corrected chi connectivity index (χ4v) is 2.06. The lowest BCUT2D eigenvalue weighted by Crippen LogP contribution is -2.23. The third-order valence-electron chi connectivity index (χ3n) is 3.14. The molecule has 2 aromatic rings. The minimum absolute atomic E-state index is 0.00724. The van der Waals surface area contributed by atoms with E-state index >= 15 is 0 Å². The first kappa shape index (κ1) is 14.5.